The van der Waals surface area contributed by atoms with E-state index in [1.165, 1.54) is 6.07 Å². The molecule has 1 heterocycles. The Bertz CT molecular complexity index is 568. The molecule has 0 unspecified atom stereocenters. The highest BCUT2D eigenvalue weighted by atomic mass is 16.6. The number of aliphatic hydroxyl groups is 1. The second-order valence-corrected chi connectivity index (χ2v) is 3.66. The molecule has 0 aliphatic rings. The zero-order chi connectivity index (χ0) is 13.7. The number of anilines is 1. The number of nitro groups is 1. The first-order valence-corrected chi connectivity index (χ1v) is 5.69. The van der Waals surface area contributed by atoms with Crippen LogP contribution in [-0.4, -0.2) is 41.4 Å². The molecule has 1 aromatic heterocycles. The molecule has 2 rings (SSSR count). The van der Waals surface area contributed by atoms with Crippen molar-refractivity contribution in [3.63, 3.8) is 0 Å². The van der Waals surface area contributed by atoms with Gasteiger partial charge in [-0.25, -0.2) is 0 Å². The van der Waals surface area contributed by atoms with Crippen molar-refractivity contribution in [2.24, 2.45) is 0 Å². The Morgan fingerprint density at radius 2 is 2.32 bits per heavy atom. The molecule has 8 nitrogen and oxygen atoms in total. The summed E-state index contributed by atoms with van der Waals surface area (Å²) in [5, 5.41) is 22.2. The Morgan fingerprint density at radius 3 is 3.05 bits per heavy atom. The summed E-state index contributed by atoms with van der Waals surface area (Å²) >= 11 is 0. The number of nitrogens with one attached hydrogen (secondary N) is 1. The van der Waals surface area contributed by atoms with Crippen molar-refractivity contribution in [1.82, 2.24) is 4.98 Å². The largest absolute Gasteiger partial charge is 0.423 e. The third-order valence-electron chi connectivity index (χ3n) is 2.35. The van der Waals surface area contributed by atoms with Crippen LogP contribution >= 0.6 is 0 Å². The smallest absolute Gasteiger partial charge is 0.298 e. The SMILES string of the molecule is O=[N+]([O-])c1cccc2oc(NCCOCCO)nc12. The highest BCUT2D eigenvalue weighted by molar-refractivity contribution is 5.83. The van der Waals surface area contributed by atoms with Crippen LogP contribution in [0, 0.1) is 10.1 Å². The number of oxazole rings is 1. The fraction of sp³-hybridized carbons (Fsp3) is 0.364. The first-order chi connectivity index (χ1) is 9.22. The number of fused-ring (bicyclic) bond motifs is 1. The first kappa shape index (κ1) is 13.2. The van der Waals surface area contributed by atoms with Crippen molar-refractivity contribution in [3.05, 3.63) is 28.3 Å². The van der Waals surface area contributed by atoms with Crippen LogP contribution in [0.15, 0.2) is 22.6 Å². The van der Waals surface area contributed by atoms with Gasteiger partial charge in [0.05, 0.1) is 24.7 Å². The second kappa shape index (κ2) is 6.12. The number of benzene rings is 1. The number of nitro benzene ring substituents is 1. The van der Waals surface area contributed by atoms with Crippen LogP contribution < -0.4 is 5.32 Å². The summed E-state index contributed by atoms with van der Waals surface area (Å²) in [6.45, 7) is 1.04. The number of ether oxygens (including phenoxy) is 1. The summed E-state index contributed by atoms with van der Waals surface area (Å²) in [6.07, 6.45) is 0. The lowest BCUT2D eigenvalue weighted by Crippen LogP contribution is -2.11. The van der Waals surface area contributed by atoms with Gasteiger partial charge in [-0.3, -0.25) is 10.1 Å². The van der Waals surface area contributed by atoms with Crippen LogP contribution in [0.1, 0.15) is 0 Å². The number of rotatable bonds is 7. The molecule has 0 spiro atoms. The second-order valence-electron chi connectivity index (χ2n) is 3.66. The molecule has 0 atom stereocenters. The molecule has 0 amide bonds. The van der Waals surface area contributed by atoms with E-state index in [0.717, 1.165) is 0 Å². The summed E-state index contributed by atoms with van der Waals surface area (Å²) in [6, 6.07) is 4.73. The molecule has 2 N–H and O–H groups in total. The minimum absolute atomic E-state index is 0.0327. The quantitative estimate of drug-likeness (QED) is 0.440. The average molecular weight is 267 g/mol. The van der Waals surface area contributed by atoms with Crippen molar-refractivity contribution in [1.29, 1.82) is 0 Å². The Labute approximate surface area is 108 Å². The summed E-state index contributed by atoms with van der Waals surface area (Å²) in [7, 11) is 0. The van der Waals surface area contributed by atoms with Crippen LogP contribution in [0.3, 0.4) is 0 Å². The first-order valence-electron chi connectivity index (χ1n) is 5.69. The maximum absolute atomic E-state index is 10.8. The number of hydrogen-bond acceptors (Lipinski definition) is 7. The third kappa shape index (κ3) is 3.18. The summed E-state index contributed by atoms with van der Waals surface area (Å²) in [5.74, 6) is 0. The van der Waals surface area contributed by atoms with Crippen molar-refractivity contribution in [2.75, 3.05) is 31.7 Å². The van der Waals surface area contributed by atoms with E-state index in [9.17, 15) is 10.1 Å². The topological polar surface area (TPSA) is 111 Å². The Morgan fingerprint density at radius 1 is 1.47 bits per heavy atom. The molecule has 8 heteroatoms. The molecule has 0 saturated heterocycles. The number of aromatic nitrogens is 1. The molecular formula is C11H13N3O5. The van der Waals surface area contributed by atoms with Gasteiger partial charge in [-0.05, 0) is 6.07 Å². The summed E-state index contributed by atoms with van der Waals surface area (Å²) in [4.78, 5) is 14.3. The molecular weight excluding hydrogens is 254 g/mol. The van der Waals surface area contributed by atoms with E-state index in [2.05, 4.69) is 10.3 Å². The monoisotopic (exact) mass is 267 g/mol. The van der Waals surface area contributed by atoms with E-state index in [1.807, 2.05) is 0 Å². The molecule has 0 fully saturated rings. The highest BCUT2D eigenvalue weighted by Gasteiger charge is 2.16. The molecule has 0 aliphatic carbocycles. The fourth-order valence-corrected chi connectivity index (χ4v) is 1.55. The molecule has 1 aromatic carbocycles. The van der Waals surface area contributed by atoms with Gasteiger partial charge in [0.25, 0.3) is 11.7 Å². The van der Waals surface area contributed by atoms with Crippen molar-refractivity contribution in [2.45, 2.75) is 0 Å². The normalized spacial score (nSPS) is 10.8. The zero-order valence-electron chi connectivity index (χ0n) is 10.0. The van der Waals surface area contributed by atoms with Gasteiger partial charge in [-0.15, -0.1) is 0 Å². The van der Waals surface area contributed by atoms with E-state index in [-0.39, 0.29) is 30.4 Å². The van der Waals surface area contributed by atoms with Crippen LogP contribution in [0.4, 0.5) is 11.7 Å². The van der Waals surface area contributed by atoms with Crippen molar-refractivity contribution in [3.8, 4) is 0 Å². The van der Waals surface area contributed by atoms with E-state index < -0.39 is 4.92 Å². The van der Waals surface area contributed by atoms with E-state index in [0.29, 0.717) is 18.7 Å². The zero-order valence-corrected chi connectivity index (χ0v) is 10.0. The van der Waals surface area contributed by atoms with Gasteiger partial charge in [-0.1, -0.05) is 6.07 Å². The molecule has 2 aromatic rings. The minimum atomic E-state index is -0.501. The van der Waals surface area contributed by atoms with E-state index >= 15 is 0 Å². The van der Waals surface area contributed by atoms with Crippen molar-refractivity contribution < 1.29 is 19.2 Å². The van der Waals surface area contributed by atoms with Crippen LogP contribution in [0.5, 0.6) is 0 Å². The van der Waals surface area contributed by atoms with Gasteiger partial charge in [-0.2, -0.15) is 4.98 Å². The van der Waals surface area contributed by atoms with Gasteiger partial charge in [0.2, 0.25) is 0 Å². The predicted molar refractivity (Wildman–Crippen MR) is 67.1 cm³/mol. The maximum atomic E-state index is 10.8. The minimum Gasteiger partial charge on any atom is -0.423 e. The Kier molecular flexibility index (Phi) is 4.26. The standard InChI is InChI=1S/C11H13N3O5/c15-5-7-18-6-4-12-11-13-10-8(14(16)17)2-1-3-9(10)19-11/h1-3,15H,4-7H2,(H,12,13). The molecule has 102 valence electrons. The number of aliphatic hydroxyl groups excluding tert-OH is 1. The summed E-state index contributed by atoms with van der Waals surface area (Å²) in [5.41, 5.74) is 0.477. The number of hydrogen-bond donors (Lipinski definition) is 2. The van der Waals surface area contributed by atoms with Crippen LogP contribution in [0.2, 0.25) is 0 Å². The lowest BCUT2D eigenvalue weighted by molar-refractivity contribution is -0.383. The summed E-state index contributed by atoms with van der Waals surface area (Å²) < 4.78 is 10.4. The van der Waals surface area contributed by atoms with Gasteiger partial charge in [0, 0.05) is 12.6 Å². The predicted octanol–water partition coefficient (Wildman–Crippen LogP) is 1.16. The molecule has 0 radical (unpaired) electrons. The Balaban J connectivity index is 2.05. The van der Waals surface area contributed by atoms with E-state index in [1.54, 1.807) is 12.1 Å². The number of para-hydroxylation sites is 1. The van der Waals surface area contributed by atoms with Gasteiger partial charge in [0.1, 0.15) is 0 Å². The highest BCUT2D eigenvalue weighted by Crippen LogP contribution is 2.26. The lowest BCUT2D eigenvalue weighted by Gasteiger charge is -2.01. The third-order valence-corrected chi connectivity index (χ3v) is 2.35. The molecule has 19 heavy (non-hydrogen) atoms. The molecule has 0 saturated carbocycles. The molecule has 0 bridgehead atoms. The van der Waals surface area contributed by atoms with E-state index in [4.69, 9.17) is 14.3 Å². The number of non-ortho nitro benzene ring substituents is 1. The average Bonchev–Trinajstić information content (AvgIpc) is 2.80. The number of nitrogens with zero attached hydrogens (tertiary/aromatic N) is 2. The fourth-order valence-electron chi connectivity index (χ4n) is 1.55. The Hall–Kier alpha value is -2.19. The molecule has 0 aliphatic heterocycles. The van der Waals surface area contributed by atoms with Crippen molar-refractivity contribution >= 4 is 22.8 Å². The van der Waals surface area contributed by atoms with Gasteiger partial charge in [0.15, 0.2) is 11.1 Å². The maximum Gasteiger partial charge on any atom is 0.298 e. The van der Waals surface area contributed by atoms with Crippen LogP contribution in [-0.2, 0) is 4.74 Å². The van der Waals surface area contributed by atoms with Gasteiger partial charge < -0.3 is 19.6 Å². The lowest BCUT2D eigenvalue weighted by atomic mass is 10.3. The van der Waals surface area contributed by atoms with Gasteiger partial charge >= 0.3 is 0 Å². The van der Waals surface area contributed by atoms with Crippen LogP contribution in [0.25, 0.3) is 11.1 Å².